The molecule has 0 saturated heterocycles. The van der Waals surface area contributed by atoms with E-state index in [2.05, 4.69) is 4.99 Å². The Bertz CT molecular complexity index is 755. The summed E-state index contributed by atoms with van der Waals surface area (Å²) in [6, 6.07) is 2.31. The number of nitrogens with zero attached hydrogens (tertiary/aromatic N) is 1. The molecule has 1 aliphatic rings. The van der Waals surface area contributed by atoms with Crippen molar-refractivity contribution >= 4 is 15.5 Å². The second-order valence-electron chi connectivity index (χ2n) is 5.89. The number of halogens is 3. The molecule has 8 heteroatoms. The molecule has 1 aromatic rings. The quantitative estimate of drug-likeness (QED) is 0.666. The Hall–Kier alpha value is -1.57. The van der Waals surface area contributed by atoms with Crippen LogP contribution in [0, 0.1) is 0 Å². The molecule has 0 radical (unpaired) electrons. The molecule has 0 amide bonds. The molecule has 0 saturated carbocycles. The van der Waals surface area contributed by atoms with Gasteiger partial charge < -0.3 is 4.74 Å². The van der Waals surface area contributed by atoms with E-state index in [4.69, 9.17) is 4.74 Å². The van der Waals surface area contributed by atoms with E-state index in [0.717, 1.165) is 25.3 Å². The minimum atomic E-state index is -5.44. The summed E-state index contributed by atoms with van der Waals surface area (Å²) < 4.78 is 68.8. The van der Waals surface area contributed by atoms with Gasteiger partial charge in [0.05, 0.1) is 11.5 Å². The van der Waals surface area contributed by atoms with Crippen LogP contribution in [0.5, 0.6) is 5.75 Å². The zero-order valence-corrected chi connectivity index (χ0v) is 15.1. The minimum Gasteiger partial charge on any atom is -0.493 e. The highest BCUT2D eigenvalue weighted by atomic mass is 32.2. The Balaban J connectivity index is 2.59. The lowest BCUT2D eigenvalue weighted by atomic mass is 10.1. The fourth-order valence-corrected chi connectivity index (χ4v) is 3.77. The molecule has 0 aliphatic heterocycles. The maximum Gasteiger partial charge on any atom is 0.501 e. The summed E-state index contributed by atoms with van der Waals surface area (Å²) in [5.74, 6) is 0.443. The molecule has 1 aliphatic carbocycles. The van der Waals surface area contributed by atoms with Gasteiger partial charge in [0.25, 0.3) is 9.84 Å². The van der Waals surface area contributed by atoms with Crippen LogP contribution in [0.3, 0.4) is 0 Å². The summed E-state index contributed by atoms with van der Waals surface area (Å²) >= 11 is 0. The van der Waals surface area contributed by atoms with Gasteiger partial charge in [0.15, 0.2) is 0 Å². The van der Waals surface area contributed by atoms with E-state index >= 15 is 0 Å². The van der Waals surface area contributed by atoms with E-state index in [1.54, 1.807) is 0 Å². The molecule has 0 heterocycles. The molecule has 1 aromatic carbocycles. The Kier molecular flexibility index (Phi) is 6.13. The van der Waals surface area contributed by atoms with Crippen molar-refractivity contribution in [2.45, 2.75) is 56.4 Å². The second kappa shape index (κ2) is 7.76. The van der Waals surface area contributed by atoms with Crippen LogP contribution in [-0.2, 0) is 16.3 Å². The van der Waals surface area contributed by atoms with Crippen molar-refractivity contribution < 1.29 is 26.3 Å². The van der Waals surface area contributed by atoms with Crippen LogP contribution in [0.2, 0.25) is 0 Å². The number of hydrogen-bond donors (Lipinski definition) is 0. The number of alkyl halides is 3. The summed E-state index contributed by atoms with van der Waals surface area (Å²) in [5, 5.41) is 0. The predicted molar refractivity (Wildman–Crippen MR) is 90.1 cm³/mol. The first-order valence-corrected chi connectivity index (χ1v) is 9.86. The van der Waals surface area contributed by atoms with Gasteiger partial charge in [-0.05, 0) is 37.8 Å². The van der Waals surface area contributed by atoms with Crippen molar-refractivity contribution in [3.05, 3.63) is 23.3 Å². The first-order valence-electron chi connectivity index (χ1n) is 8.37. The van der Waals surface area contributed by atoms with Gasteiger partial charge in [0.2, 0.25) is 0 Å². The summed E-state index contributed by atoms with van der Waals surface area (Å²) in [4.78, 5) is 3.65. The molecule has 2 rings (SSSR count). The zero-order chi connectivity index (χ0) is 18.7. The number of hydrogen-bond acceptors (Lipinski definition) is 4. The average Bonchev–Trinajstić information content (AvgIpc) is 2.96. The number of fused-ring (bicyclic) bond motifs is 1. The number of rotatable bonds is 7. The summed E-state index contributed by atoms with van der Waals surface area (Å²) in [7, 11) is -5.44. The van der Waals surface area contributed by atoms with Crippen molar-refractivity contribution in [2.75, 3.05) is 13.2 Å². The normalized spacial score (nSPS) is 16.3. The lowest BCUT2D eigenvalue weighted by molar-refractivity contribution is -0.0436. The van der Waals surface area contributed by atoms with Crippen LogP contribution >= 0.6 is 0 Å². The maximum absolute atomic E-state index is 13.1. The molecule has 0 aromatic heterocycles. The number of sulfone groups is 1. The smallest absolute Gasteiger partial charge is 0.493 e. The third-order valence-electron chi connectivity index (χ3n) is 4.00. The average molecular weight is 377 g/mol. The molecule has 4 nitrogen and oxygen atoms in total. The lowest BCUT2D eigenvalue weighted by Crippen LogP contribution is -2.25. The molecule has 0 fully saturated rings. The molecule has 0 N–H and O–H groups in total. The first kappa shape index (κ1) is 19.8. The predicted octanol–water partition coefficient (Wildman–Crippen LogP) is 4.30. The van der Waals surface area contributed by atoms with E-state index in [0.29, 0.717) is 43.0 Å². The molecule has 0 spiro atoms. The Labute approximate surface area is 146 Å². The SMILES string of the molecule is CCCC/N=C1/CCc2c(OCCC)ccc(S(=O)(=O)C(F)(F)F)c21. The van der Waals surface area contributed by atoms with Crippen LogP contribution in [0.25, 0.3) is 0 Å². The number of benzene rings is 1. The molecule has 0 unspecified atom stereocenters. The van der Waals surface area contributed by atoms with Crippen molar-refractivity contribution in [3.63, 3.8) is 0 Å². The monoisotopic (exact) mass is 377 g/mol. The molecule has 0 atom stereocenters. The molecular weight excluding hydrogens is 355 g/mol. The summed E-state index contributed by atoms with van der Waals surface area (Å²) in [6.45, 7) is 4.79. The molecule has 25 heavy (non-hydrogen) atoms. The van der Waals surface area contributed by atoms with Gasteiger partial charge in [0, 0.05) is 23.4 Å². The zero-order valence-electron chi connectivity index (χ0n) is 14.3. The van der Waals surface area contributed by atoms with Crippen molar-refractivity contribution in [3.8, 4) is 5.75 Å². The topological polar surface area (TPSA) is 55.7 Å². The van der Waals surface area contributed by atoms with Gasteiger partial charge >= 0.3 is 5.51 Å². The number of ether oxygens (including phenoxy) is 1. The van der Waals surface area contributed by atoms with Gasteiger partial charge in [-0.25, -0.2) is 8.42 Å². The molecular formula is C17H22F3NO3S. The highest BCUT2D eigenvalue weighted by Crippen LogP contribution is 2.40. The van der Waals surface area contributed by atoms with Gasteiger partial charge in [-0.2, -0.15) is 13.2 Å². The van der Waals surface area contributed by atoms with Crippen LogP contribution in [0.15, 0.2) is 22.0 Å². The lowest BCUT2D eigenvalue weighted by Gasteiger charge is -2.16. The Morgan fingerprint density at radius 2 is 1.88 bits per heavy atom. The minimum absolute atomic E-state index is 0.0852. The van der Waals surface area contributed by atoms with Crippen molar-refractivity contribution in [1.82, 2.24) is 0 Å². The summed E-state index contributed by atoms with van der Waals surface area (Å²) in [6.07, 6.45) is 3.30. The highest BCUT2D eigenvalue weighted by Gasteiger charge is 2.49. The third-order valence-corrected chi connectivity index (χ3v) is 5.53. The van der Waals surface area contributed by atoms with E-state index in [1.807, 2.05) is 13.8 Å². The summed E-state index contributed by atoms with van der Waals surface area (Å²) in [5.41, 5.74) is -4.33. The number of unbranched alkanes of at least 4 members (excludes halogenated alkanes) is 1. The molecule has 140 valence electrons. The van der Waals surface area contributed by atoms with Crippen LogP contribution in [-0.4, -0.2) is 32.8 Å². The van der Waals surface area contributed by atoms with E-state index < -0.39 is 20.2 Å². The fourth-order valence-electron chi connectivity index (χ4n) is 2.77. The van der Waals surface area contributed by atoms with E-state index in [9.17, 15) is 21.6 Å². The van der Waals surface area contributed by atoms with E-state index in [-0.39, 0.29) is 5.56 Å². The van der Waals surface area contributed by atoms with Crippen LogP contribution < -0.4 is 4.74 Å². The first-order chi connectivity index (χ1) is 11.7. The van der Waals surface area contributed by atoms with Crippen LogP contribution in [0.4, 0.5) is 13.2 Å². The van der Waals surface area contributed by atoms with Crippen molar-refractivity contribution in [1.29, 1.82) is 0 Å². The number of aliphatic imine (C=N–C) groups is 1. The fraction of sp³-hybridized carbons (Fsp3) is 0.588. The Morgan fingerprint density at radius 1 is 1.16 bits per heavy atom. The maximum atomic E-state index is 13.1. The van der Waals surface area contributed by atoms with Gasteiger partial charge in [-0.1, -0.05) is 20.3 Å². The largest absolute Gasteiger partial charge is 0.501 e. The van der Waals surface area contributed by atoms with Crippen molar-refractivity contribution in [2.24, 2.45) is 4.99 Å². The highest BCUT2D eigenvalue weighted by molar-refractivity contribution is 7.92. The van der Waals surface area contributed by atoms with E-state index in [1.165, 1.54) is 6.07 Å². The standard InChI is InChI=1S/C17H22F3NO3S/c1-3-5-10-21-13-7-6-12-14(24-11-4-2)8-9-15(16(12)13)25(22,23)17(18,19)20/h8-9H,3-7,10-11H2,1-2H3/b21-13-. The van der Waals surface area contributed by atoms with Gasteiger partial charge in [0.1, 0.15) is 5.75 Å². The van der Waals surface area contributed by atoms with Crippen LogP contribution in [0.1, 0.15) is 50.7 Å². The second-order valence-corrected chi connectivity index (χ2v) is 7.80. The van der Waals surface area contributed by atoms with Gasteiger partial charge in [-0.3, -0.25) is 4.99 Å². The van der Waals surface area contributed by atoms with Gasteiger partial charge in [-0.15, -0.1) is 0 Å². The third kappa shape index (κ3) is 3.99. The molecule has 0 bridgehead atoms. The Morgan fingerprint density at radius 3 is 2.48 bits per heavy atom.